The summed E-state index contributed by atoms with van der Waals surface area (Å²) in [5.74, 6) is -1.87. The molecule has 1 heterocycles. The van der Waals surface area contributed by atoms with Gasteiger partial charge in [-0.1, -0.05) is 12.1 Å². The van der Waals surface area contributed by atoms with Gasteiger partial charge < -0.3 is 14.2 Å². The highest BCUT2D eigenvalue weighted by Crippen LogP contribution is 2.36. The fraction of sp³-hybridized carbons (Fsp3) is 0.588. The van der Waals surface area contributed by atoms with Crippen LogP contribution in [0.2, 0.25) is 0 Å². The van der Waals surface area contributed by atoms with E-state index in [4.69, 9.17) is 9.31 Å². The maximum Gasteiger partial charge on any atom is 0.494 e. The number of anilines is 1. The molecular formula is C17H23BF3NO3. The number of halogens is 3. The van der Waals surface area contributed by atoms with Crippen molar-refractivity contribution >= 4 is 24.2 Å². The Bertz CT molecular complexity index is 658. The monoisotopic (exact) mass is 357 g/mol. The van der Waals surface area contributed by atoms with Gasteiger partial charge in [-0.25, -0.2) is 0 Å². The van der Waals surface area contributed by atoms with Gasteiger partial charge in [0.15, 0.2) is 0 Å². The first kappa shape index (κ1) is 19.8. The standard InChI is InChI=1S/C17H23BF3NO3/c1-7-22(14(23)17(19,20)21)13-9-8-12(10-11(13)2)18-24-15(3,4)16(5,6)25-18/h8-10H,7H2,1-6H3. The van der Waals surface area contributed by atoms with Gasteiger partial charge in [0.1, 0.15) is 0 Å². The average molecular weight is 357 g/mol. The van der Waals surface area contributed by atoms with Crippen LogP contribution >= 0.6 is 0 Å². The molecule has 1 aliphatic rings. The zero-order valence-corrected chi connectivity index (χ0v) is 15.3. The molecule has 0 saturated carbocycles. The number of rotatable bonds is 3. The van der Waals surface area contributed by atoms with Gasteiger partial charge in [-0.05, 0) is 58.6 Å². The Kier molecular flexibility index (Phi) is 5.00. The molecule has 0 radical (unpaired) electrons. The third kappa shape index (κ3) is 3.69. The molecule has 1 aromatic carbocycles. The second-order valence-corrected chi connectivity index (χ2v) is 7.18. The van der Waals surface area contributed by atoms with E-state index >= 15 is 0 Å². The van der Waals surface area contributed by atoms with Crippen molar-refractivity contribution in [2.45, 2.75) is 58.9 Å². The predicted octanol–water partition coefficient (Wildman–Crippen LogP) is 3.21. The van der Waals surface area contributed by atoms with Gasteiger partial charge >= 0.3 is 19.2 Å². The van der Waals surface area contributed by atoms with Gasteiger partial charge in [0, 0.05) is 12.2 Å². The molecule has 1 saturated heterocycles. The fourth-order valence-electron chi connectivity index (χ4n) is 2.68. The van der Waals surface area contributed by atoms with Crippen molar-refractivity contribution in [3.05, 3.63) is 23.8 Å². The molecule has 1 aromatic rings. The Labute approximate surface area is 146 Å². The van der Waals surface area contributed by atoms with Gasteiger partial charge in [0.25, 0.3) is 0 Å². The summed E-state index contributed by atoms with van der Waals surface area (Å²) >= 11 is 0. The number of nitrogens with zero attached hydrogens (tertiary/aromatic N) is 1. The lowest BCUT2D eigenvalue weighted by Crippen LogP contribution is -2.42. The highest BCUT2D eigenvalue weighted by Gasteiger charge is 2.51. The first-order valence-electron chi connectivity index (χ1n) is 8.15. The maximum atomic E-state index is 12.8. The van der Waals surface area contributed by atoms with Crippen LogP contribution in [0.25, 0.3) is 0 Å². The molecule has 2 rings (SSSR count). The van der Waals surface area contributed by atoms with E-state index in [2.05, 4.69) is 0 Å². The topological polar surface area (TPSA) is 38.8 Å². The summed E-state index contributed by atoms with van der Waals surface area (Å²) in [5.41, 5.74) is 0.463. The Morgan fingerprint density at radius 2 is 1.68 bits per heavy atom. The Morgan fingerprint density at radius 3 is 2.08 bits per heavy atom. The zero-order valence-electron chi connectivity index (χ0n) is 15.3. The van der Waals surface area contributed by atoms with Crippen LogP contribution in [0.4, 0.5) is 18.9 Å². The third-order valence-corrected chi connectivity index (χ3v) is 4.84. The number of benzene rings is 1. The van der Waals surface area contributed by atoms with E-state index in [0.29, 0.717) is 11.0 Å². The van der Waals surface area contributed by atoms with Crippen LogP contribution in [0.5, 0.6) is 0 Å². The second kappa shape index (κ2) is 6.32. The number of carbonyl (C=O) groups is 1. The van der Waals surface area contributed by atoms with Gasteiger partial charge in [0.05, 0.1) is 11.2 Å². The zero-order chi connectivity index (χ0) is 19.2. The van der Waals surface area contributed by atoms with Crippen LogP contribution in [0, 0.1) is 6.92 Å². The summed E-state index contributed by atoms with van der Waals surface area (Å²) in [6, 6.07) is 4.84. The van der Waals surface area contributed by atoms with Crippen molar-refractivity contribution in [2.24, 2.45) is 0 Å². The van der Waals surface area contributed by atoms with Gasteiger partial charge in [-0.15, -0.1) is 0 Å². The molecule has 0 aromatic heterocycles. The van der Waals surface area contributed by atoms with Gasteiger partial charge in [0.2, 0.25) is 0 Å². The molecule has 0 atom stereocenters. The van der Waals surface area contributed by atoms with Crippen molar-refractivity contribution in [3.8, 4) is 0 Å². The number of hydrogen-bond donors (Lipinski definition) is 0. The van der Waals surface area contributed by atoms with Crippen molar-refractivity contribution < 1.29 is 27.3 Å². The van der Waals surface area contributed by atoms with Crippen LogP contribution in [-0.2, 0) is 14.1 Å². The highest BCUT2D eigenvalue weighted by atomic mass is 19.4. The molecule has 0 spiro atoms. The summed E-state index contributed by atoms with van der Waals surface area (Å²) in [4.78, 5) is 12.3. The van der Waals surface area contributed by atoms with E-state index in [0.717, 1.165) is 4.90 Å². The van der Waals surface area contributed by atoms with E-state index < -0.39 is 30.4 Å². The van der Waals surface area contributed by atoms with Crippen LogP contribution < -0.4 is 10.4 Å². The number of carbonyl (C=O) groups excluding carboxylic acids is 1. The molecule has 0 N–H and O–H groups in total. The minimum atomic E-state index is -4.91. The highest BCUT2D eigenvalue weighted by molar-refractivity contribution is 6.62. The van der Waals surface area contributed by atoms with Crippen molar-refractivity contribution in [1.82, 2.24) is 0 Å². The van der Waals surface area contributed by atoms with Gasteiger partial charge in [-0.3, -0.25) is 4.79 Å². The Morgan fingerprint density at radius 1 is 1.16 bits per heavy atom. The van der Waals surface area contributed by atoms with Crippen LogP contribution in [-0.4, -0.2) is 36.9 Å². The van der Waals surface area contributed by atoms with Crippen molar-refractivity contribution in [2.75, 3.05) is 11.4 Å². The van der Waals surface area contributed by atoms with E-state index in [9.17, 15) is 18.0 Å². The van der Waals surface area contributed by atoms with Crippen LogP contribution in [0.3, 0.4) is 0 Å². The summed E-state index contributed by atoms with van der Waals surface area (Å²) in [6.07, 6.45) is -4.91. The van der Waals surface area contributed by atoms with Crippen molar-refractivity contribution in [3.63, 3.8) is 0 Å². The average Bonchev–Trinajstić information content (AvgIpc) is 2.68. The van der Waals surface area contributed by atoms with E-state index in [1.54, 1.807) is 19.1 Å². The third-order valence-electron chi connectivity index (χ3n) is 4.84. The lowest BCUT2D eigenvalue weighted by Gasteiger charge is -2.32. The number of hydrogen-bond acceptors (Lipinski definition) is 3. The van der Waals surface area contributed by atoms with Crippen LogP contribution in [0.1, 0.15) is 40.2 Å². The SMILES string of the molecule is CCN(C(=O)C(F)(F)F)c1ccc(B2OC(C)(C)C(C)(C)O2)cc1C. The normalized spacial score (nSPS) is 19.2. The predicted molar refractivity (Wildman–Crippen MR) is 91.0 cm³/mol. The number of aryl methyl sites for hydroxylation is 1. The molecule has 0 aliphatic carbocycles. The van der Waals surface area contributed by atoms with E-state index in [1.165, 1.54) is 13.0 Å². The largest absolute Gasteiger partial charge is 0.494 e. The second-order valence-electron chi connectivity index (χ2n) is 7.18. The fourth-order valence-corrected chi connectivity index (χ4v) is 2.68. The lowest BCUT2D eigenvalue weighted by atomic mass is 9.78. The summed E-state index contributed by atoms with van der Waals surface area (Å²) in [6.45, 7) is 10.8. The van der Waals surface area contributed by atoms with Gasteiger partial charge in [-0.2, -0.15) is 13.2 Å². The quantitative estimate of drug-likeness (QED) is 0.780. The molecule has 0 unspecified atom stereocenters. The number of amides is 1. The number of alkyl halides is 3. The van der Waals surface area contributed by atoms with Crippen molar-refractivity contribution in [1.29, 1.82) is 0 Å². The molecule has 1 fully saturated rings. The summed E-state index contributed by atoms with van der Waals surface area (Å²) in [5, 5.41) is 0. The molecule has 25 heavy (non-hydrogen) atoms. The molecule has 1 amide bonds. The lowest BCUT2D eigenvalue weighted by molar-refractivity contribution is -0.170. The first-order chi connectivity index (χ1) is 11.3. The van der Waals surface area contributed by atoms with E-state index in [1.807, 2.05) is 27.7 Å². The smallest absolute Gasteiger partial charge is 0.399 e. The molecule has 138 valence electrons. The molecule has 4 nitrogen and oxygen atoms in total. The molecule has 0 bridgehead atoms. The molecular weight excluding hydrogens is 334 g/mol. The molecule has 8 heteroatoms. The van der Waals surface area contributed by atoms with Crippen LogP contribution in [0.15, 0.2) is 18.2 Å². The maximum absolute atomic E-state index is 12.8. The Hall–Kier alpha value is -1.54. The van der Waals surface area contributed by atoms with E-state index in [-0.39, 0.29) is 12.2 Å². The summed E-state index contributed by atoms with van der Waals surface area (Å²) in [7, 11) is -0.605. The minimum absolute atomic E-state index is 0.0744. The first-order valence-corrected chi connectivity index (χ1v) is 8.15. The molecule has 1 aliphatic heterocycles. The summed E-state index contributed by atoms with van der Waals surface area (Å²) < 4.78 is 50.2. The Balaban J connectivity index is 2.31. The minimum Gasteiger partial charge on any atom is -0.399 e.